The molecule has 6 nitrogen and oxygen atoms in total. The van der Waals surface area contributed by atoms with E-state index in [1.165, 1.54) is 12.1 Å². The summed E-state index contributed by atoms with van der Waals surface area (Å²) in [5.74, 6) is 0. The molecule has 0 saturated heterocycles. The second kappa shape index (κ2) is 6.44. The van der Waals surface area contributed by atoms with Crippen molar-refractivity contribution in [2.24, 2.45) is 5.41 Å². The van der Waals surface area contributed by atoms with Gasteiger partial charge in [-0.3, -0.25) is 10.1 Å². The van der Waals surface area contributed by atoms with Crippen molar-refractivity contribution >= 4 is 5.69 Å². The van der Waals surface area contributed by atoms with Crippen LogP contribution in [-0.2, 0) is 6.54 Å². The van der Waals surface area contributed by atoms with Crippen LogP contribution in [0.4, 0.5) is 5.69 Å². The van der Waals surface area contributed by atoms with Crippen LogP contribution in [0.15, 0.2) is 24.3 Å². The first-order valence-electron chi connectivity index (χ1n) is 5.66. The zero-order valence-corrected chi connectivity index (χ0v) is 10.3. The molecule has 0 fully saturated rings. The summed E-state index contributed by atoms with van der Waals surface area (Å²) in [5.41, 5.74) is 0.268. The molecule has 0 heterocycles. The van der Waals surface area contributed by atoms with Gasteiger partial charge in [0.25, 0.3) is 5.69 Å². The second-order valence-corrected chi connectivity index (χ2v) is 4.66. The van der Waals surface area contributed by atoms with E-state index in [-0.39, 0.29) is 18.9 Å². The topological polar surface area (TPSA) is 95.6 Å². The highest BCUT2D eigenvalue weighted by Gasteiger charge is 2.21. The minimum Gasteiger partial charge on any atom is -0.396 e. The number of hydrogen-bond donors (Lipinski definition) is 3. The Balaban J connectivity index is 2.54. The fourth-order valence-corrected chi connectivity index (χ4v) is 1.45. The highest BCUT2D eigenvalue weighted by molar-refractivity contribution is 5.34. The molecule has 3 N–H and O–H groups in total. The van der Waals surface area contributed by atoms with Gasteiger partial charge in [-0.1, -0.05) is 19.1 Å². The average Bonchev–Trinajstić information content (AvgIpc) is 2.39. The zero-order valence-electron chi connectivity index (χ0n) is 10.3. The smallest absolute Gasteiger partial charge is 0.269 e. The monoisotopic (exact) mass is 254 g/mol. The van der Waals surface area contributed by atoms with Gasteiger partial charge in [-0.2, -0.15) is 0 Å². The third-order valence-electron chi connectivity index (χ3n) is 2.77. The number of aliphatic hydroxyl groups excluding tert-OH is 2. The van der Waals surface area contributed by atoms with Gasteiger partial charge in [0.2, 0.25) is 0 Å². The molecule has 0 spiro atoms. The summed E-state index contributed by atoms with van der Waals surface area (Å²) in [7, 11) is 0. The Hall–Kier alpha value is -1.50. The Labute approximate surface area is 105 Å². The number of benzene rings is 1. The first-order valence-corrected chi connectivity index (χ1v) is 5.66. The normalized spacial score (nSPS) is 11.5. The fourth-order valence-electron chi connectivity index (χ4n) is 1.45. The summed E-state index contributed by atoms with van der Waals surface area (Å²) in [6.45, 7) is 2.41. The fraction of sp³-hybridized carbons (Fsp3) is 0.500. The largest absolute Gasteiger partial charge is 0.396 e. The van der Waals surface area contributed by atoms with Gasteiger partial charge >= 0.3 is 0 Å². The molecule has 0 unspecified atom stereocenters. The Morgan fingerprint density at radius 3 is 2.61 bits per heavy atom. The van der Waals surface area contributed by atoms with Crippen LogP contribution in [0.2, 0.25) is 0 Å². The molecule has 0 aliphatic rings. The molecule has 6 heteroatoms. The van der Waals surface area contributed by atoms with E-state index in [9.17, 15) is 10.1 Å². The van der Waals surface area contributed by atoms with Gasteiger partial charge in [-0.25, -0.2) is 0 Å². The minimum absolute atomic E-state index is 0.0568. The summed E-state index contributed by atoms with van der Waals surface area (Å²) in [4.78, 5) is 10.2. The van der Waals surface area contributed by atoms with Crippen molar-refractivity contribution < 1.29 is 15.1 Å². The van der Waals surface area contributed by atoms with Crippen LogP contribution in [0, 0.1) is 15.5 Å². The molecule has 0 aliphatic heterocycles. The molecule has 0 saturated carbocycles. The van der Waals surface area contributed by atoms with E-state index in [1.54, 1.807) is 19.1 Å². The molecule has 1 aromatic rings. The summed E-state index contributed by atoms with van der Waals surface area (Å²) in [6, 6.07) is 6.36. The van der Waals surface area contributed by atoms with Gasteiger partial charge in [-0.15, -0.1) is 0 Å². The van der Waals surface area contributed by atoms with Crippen LogP contribution in [-0.4, -0.2) is 34.9 Å². The average molecular weight is 254 g/mol. The highest BCUT2D eigenvalue weighted by atomic mass is 16.6. The molecule has 1 aromatic carbocycles. The van der Waals surface area contributed by atoms with Crippen LogP contribution in [0.1, 0.15) is 12.5 Å². The van der Waals surface area contributed by atoms with Crippen LogP contribution in [0.25, 0.3) is 0 Å². The molecule has 0 aliphatic carbocycles. The zero-order chi connectivity index (χ0) is 13.6. The molecular formula is C12H18N2O4. The van der Waals surface area contributed by atoms with Crippen LogP contribution in [0.3, 0.4) is 0 Å². The van der Waals surface area contributed by atoms with Gasteiger partial charge in [0.1, 0.15) is 0 Å². The molecule has 0 radical (unpaired) electrons. The predicted molar refractivity (Wildman–Crippen MR) is 67.1 cm³/mol. The van der Waals surface area contributed by atoms with E-state index < -0.39 is 10.3 Å². The Bertz CT molecular complexity index is 405. The number of aliphatic hydroxyl groups is 2. The second-order valence-electron chi connectivity index (χ2n) is 4.66. The number of nitrogens with zero attached hydrogens (tertiary/aromatic N) is 1. The first-order chi connectivity index (χ1) is 8.50. The van der Waals surface area contributed by atoms with Crippen molar-refractivity contribution in [2.45, 2.75) is 13.5 Å². The van der Waals surface area contributed by atoms with E-state index in [2.05, 4.69) is 5.32 Å². The Kier molecular flexibility index (Phi) is 5.21. The number of hydrogen-bond acceptors (Lipinski definition) is 5. The quantitative estimate of drug-likeness (QED) is 0.491. The highest BCUT2D eigenvalue weighted by Crippen LogP contribution is 2.15. The van der Waals surface area contributed by atoms with Gasteiger partial charge in [0, 0.05) is 30.6 Å². The van der Waals surface area contributed by atoms with E-state index in [1.807, 2.05) is 0 Å². The van der Waals surface area contributed by atoms with Crippen molar-refractivity contribution in [1.82, 2.24) is 5.32 Å². The lowest BCUT2D eigenvalue weighted by Gasteiger charge is -2.24. The number of nitrogens with one attached hydrogen (secondary N) is 1. The van der Waals surface area contributed by atoms with E-state index >= 15 is 0 Å². The number of non-ortho nitro benzene ring substituents is 1. The van der Waals surface area contributed by atoms with Gasteiger partial charge in [0.15, 0.2) is 0 Å². The lowest BCUT2D eigenvalue weighted by Crippen LogP contribution is -2.37. The molecule has 0 aromatic heterocycles. The number of rotatable bonds is 7. The molecule has 0 atom stereocenters. The van der Waals surface area contributed by atoms with Crippen molar-refractivity contribution in [1.29, 1.82) is 0 Å². The third kappa shape index (κ3) is 4.06. The number of nitro groups is 1. The van der Waals surface area contributed by atoms with Gasteiger partial charge < -0.3 is 15.5 Å². The molecule has 0 bridgehead atoms. The maximum Gasteiger partial charge on any atom is 0.269 e. The summed E-state index contributed by atoms with van der Waals surface area (Å²) in [5, 5.41) is 31.9. The maximum absolute atomic E-state index is 10.6. The van der Waals surface area contributed by atoms with Crippen molar-refractivity contribution in [3.8, 4) is 0 Å². The van der Waals surface area contributed by atoms with Crippen LogP contribution >= 0.6 is 0 Å². The van der Waals surface area contributed by atoms with E-state index in [0.29, 0.717) is 13.1 Å². The third-order valence-corrected chi connectivity index (χ3v) is 2.77. The van der Waals surface area contributed by atoms with E-state index in [0.717, 1.165) is 5.56 Å². The first kappa shape index (κ1) is 14.6. The van der Waals surface area contributed by atoms with E-state index in [4.69, 9.17) is 10.2 Å². The minimum atomic E-state index is -0.583. The molecule has 18 heavy (non-hydrogen) atoms. The Morgan fingerprint density at radius 2 is 2.06 bits per heavy atom. The summed E-state index contributed by atoms with van der Waals surface area (Å²) in [6.07, 6.45) is 0. The summed E-state index contributed by atoms with van der Waals surface area (Å²) >= 11 is 0. The lowest BCUT2D eigenvalue weighted by atomic mass is 9.93. The summed E-state index contributed by atoms with van der Waals surface area (Å²) < 4.78 is 0. The predicted octanol–water partition coefficient (Wildman–Crippen LogP) is 0.675. The van der Waals surface area contributed by atoms with Crippen molar-refractivity contribution in [2.75, 3.05) is 19.8 Å². The molecule has 1 rings (SSSR count). The van der Waals surface area contributed by atoms with Crippen LogP contribution in [0.5, 0.6) is 0 Å². The molecule has 100 valence electrons. The molecule has 0 amide bonds. The van der Waals surface area contributed by atoms with Crippen molar-refractivity contribution in [3.63, 3.8) is 0 Å². The van der Waals surface area contributed by atoms with Crippen LogP contribution < -0.4 is 5.32 Å². The maximum atomic E-state index is 10.6. The SMILES string of the molecule is CC(CO)(CO)CNCc1cccc([N+](=O)[O-])c1. The van der Waals surface area contributed by atoms with Gasteiger partial charge in [-0.05, 0) is 5.56 Å². The molecular weight excluding hydrogens is 236 g/mol. The van der Waals surface area contributed by atoms with Crippen molar-refractivity contribution in [3.05, 3.63) is 39.9 Å². The lowest BCUT2D eigenvalue weighted by molar-refractivity contribution is -0.384. The van der Waals surface area contributed by atoms with Gasteiger partial charge in [0.05, 0.1) is 18.1 Å². The number of nitro benzene ring substituents is 1. The Morgan fingerprint density at radius 1 is 1.39 bits per heavy atom. The standard InChI is InChI=1S/C12H18N2O4/c1-12(8-15,9-16)7-13-6-10-3-2-4-11(5-10)14(17)18/h2-5,13,15-16H,6-9H2,1H3.